The van der Waals surface area contributed by atoms with Gasteiger partial charge in [0.1, 0.15) is 4.90 Å². The second-order valence-electron chi connectivity index (χ2n) is 5.17. The Bertz CT molecular complexity index is 938. The Balaban J connectivity index is 1.95. The number of halogens is 1. The molecule has 0 unspecified atom stereocenters. The average Bonchev–Trinajstić information content (AvgIpc) is 3.01. The number of hydrogen-bond acceptors (Lipinski definition) is 4. The van der Waals surface area contributed by atoms with Crippen LogP contribution in [0.15, 0.2) is 53.8 Å². The van der Waals surface area contributed by atoms with Crippen LogP contribution in [0, 0.1) is 0 Å². The zero-order chi connectivity index (χ0) is 16.6. The average molecular weight is 351 g/mol. The molecule has 0 fully saturated rings. The molecule has 1 aromatic carbocycles. The van der Waals surface area contributed by atoms with E-state index >= 15 is 0 Å². The number of sulfonamides is 1. The van der Waals surface area contributed by atoms with Crippen molar-refractivity contribution >= 4 is 27.3 Å². The molecule has 0 amide bonds. The third-order valence-electron chi connectivity index (χ3n) is 3.80. The molecule has 0 radical (unpaired) electrons. The van der Waals surface area contributed by atoms with Crippen molar-refractivity contribution in [3.63, 3.8) is 0 Å². The molecule has 0 saturated heterocycles. The molecule has 8 heteroatoms. The minimum absolute atomic E-state index is 0.0945. The number of hydrogen-bond donors (Lipinski definition) is 0. The molecule has 0 bridgehead atoms. The smallest absolute Gasteiger partial charge is 0.236 e. The van der Waals surface area contributed by atoms with Crippen molar-refractivity contribution < 1.29 is 8.42 Å². The summed E-state index contributed by atoms with van der Waals surface area (Å²) in [5, 5.41) is 4.63. The highest BCUT2D eigenvalue weighted by Gasteiger charge is 2.27. The molecular weight excluding hydrogens is 336 g/mol. The molecule has 0 aliphatic carbocycles. The lowest BCUT2D eigenvalue weighted by atomic mass is 10.1. The van der Waals surface area contributed by atoms with Crippen LogP contribution in [0.1, 0.15) is 18.5 Å². The van der Waals surface area contributed by atoms with Crippen LogP contribution in [0.2, 0.25) is 5.02 Å². The number of aromatic nitrogens is 3. The fourth-order valence-corrected chi connectivity index (χ4v) is 3.67. The van der Waals surface area contributed by atoms with E-state index in [-0.39, 0.29) is 10.9 Å². The van der Waals surface area contributed by atoms with Crippen molar-refractivity contribution in [3.05, 3.63) is 59.5 Å². The van der Waals surface area contributed by atoms with Gasteiger partial charge in [-0.05, 0) is 24.6 Å². The summed E-state index contributed by atoms with van der Waals surface area (Å²) < 4.78 is 28.3. The van der Waals surface area contributed by atoms with E-state index in [0.29, 0.717) is 10.7 Å². The standard InChI is InChI=1S/C15H15ClN4O2S/c1-11(12-3-5-13(16)6-4-12)19(2)23(21,22)14-9-17-15-7-8-18-20(15)10-14/h3-11H,1-2H3/t11-/m0/s1. The zero-order valence-electron chi connectivity index (χ0n) is 12.6. The van der Waals surface area contributed by atoms with Crippen LogP contribution in [0.3, 0.4) is 0 Å². The number of rotatable bonds is 4. The van der Waals surface area contributed by atoms with Crippen molar-refractivity contribution in [2.45, 2.75) is 17.9 Å². The quantitative estimate of drug-likeness (QED) is 0.725. The van der Waals surface area contributed by atoms with Gasteiger partial charge in [-0.1, -0.05) is 23.7 Å². The molecule has 0 N–H and O–H groups in total. The van der Waals surface area contributed by atoms with E-state index in [1.807, 2.05) is 19.1 Å². The summed E-state index contributed by atoms with van der Waals surface area (Å²) in [6, 6.07) is 8.47. The van der Waals surface area contributed by atoms with E-state index in [2.05, 4.69) is 10.1 Å². The summed E-state index contributed by atoms with van der Waals surface area (Å²) in [6.07, 6.45) is 4.37. The lowest BCUT2D eigenvalue weighted by Crippen LogP contribution is -2.30. The molecule has 2 aromatic heterocycles. The van der Waals surface area contributed by atoms with Gasteiger partial charge in [0.2, 0.25) is 10.0 Å². The second kappa shape index (κ2) is 5.92. The van der Waals surface area contributed by atoms with Crippen molar-refractivity contribution in [1.29, 1.82) is 0 Å². The second-order valence-corrected chi connectivity index (χ2v) is 7.61. The zero-order valence-corrected chi connectivity index (χ0v) is 14.2. The molecule has 3 aromatic rings. The highest BCUT2D eigenvalue weighted by molar-refractivity contribution is 7.89. The third-order valence-corrected chi connectivity index (χ3v) is 5.93. The van der Waals surface area contributed by atoms with Crippen LogP contribution in [-0.2, 0) is 10.0 Å². The summed E-state index contributed by atoms with van der Waals surface area (Å²) in [7, 11) is -2.15. The van der Waals surface area contributed by atoms with E-state index in [9.17, 15) is 8.42 Å². The Morgan fingerprint density at radius 1 is 1.22 bits per heavy atom. The Kier molecular flexibility index (Phi) is 4.09. The summed E-state index contributed by atoms with van der Waals surface area (Å²) in [5.74, 6) is 0. The maximum atomic E-state index is 12.8. The summed E-state index contributed by atoms with van der Waals surface area (Å²) in [4.78, 5) is 4.21. The molecule has 120 valence electrons. The molecule has 23 heavy (non-hydrogen) atoms. The summed E-state index contributed by atoms with van der Waals surface area (Å²) >= 11 is 5.88. The van der Waals surface area contributed by atoms with Gasteiger partial charge in [0.15, 0.2) is 5.65 Å². The molecule has 3 rings (SSSR count). The Hall–Kier alpha value is -1.96. The van der Waals surface area contributed by atoms with Crippen LogP contribution in [-0.4, -0.2) is 34.4 Å². The van der Waals surface area contributed by atoms with Crippen LogP contribution in [0.5, 0.6) is 0 Å². The Morgan fingerprint density at radius 3 is 2.61 bits per heavy atom. The van der Waals surface area contributed by atoms with Gasteiger partial charge in [0, 0.05) is 24.2 Å². The first-order chi connectivity index (χ1) is 10.9. The first-order valence-corrected chi connectivity index (χ1v) is 8.74. The molecular formula is C15H15ClN4O2S. The Morgan fingerprint density at radius 2 is 1.91 bits per heavy atom. The number of nitrogens with zero attached hydrogens (tertiary/aromatic N) is 4. The highest BCUT2D eigenvalue weighted by atomic mass is 35.5. The minimum atomic E-state index is -3.69. The maximum absolute atomic E-state index is 12.8. The van der Waals surface area contributed by atoms with E-state index < -0.39 is 10.0 Å². The van der Waals surface area contributed by atoms with E-state index in [1.165, 1.54) is 21.2 Å². The van der Waals surface area contributed by atoms with Gasteiger partial charge in [-0.3, -0.25) is 0 Å². The summed E-state index contributed by atoms with van der Waals surface area (Å²) in [5.41, 5.74) is 1.45. The van der Waals surface area contributed by atoms with Gasteiger partial charge in [0.25, 0.3) is 0 Å². The molecule has 2 heterocycles. The fourth-order valence-electron chi connectivity index (χ4n) is 2.25. The predicted molar refractivity (Wildman–Crippen MR) is 87.8 cm³/mol. The third kappa shape index (κ3) is 2.95. The fraction of sp³-hybridized carbons (Fsp3) is 0.200. The highest BCUT2D eigenvalue weighted by Crippen LogP contribution is 2.26. The largest absolute Gasteiger partial charge is 0.246 e. The van der Waals surface area contributed by atoms with E-state index in [1.54, 1.807) is 31.4 Å². The van der Waals surface area contributed by atoms with Gasteiger partial charge in [-0.25, -0.2) is 17.9 Å². The van der Waals surface area contributed by atoms with Gasteiger partial charge in [0.05, 0.1) is 18.6 Å². The van der Waals surface area contributed by atoms with Gasteiger partial charge in [-0.15, -0.1) is 0 Å². The van der Waals surface area contributed by atoms with Gasteiger partial charge in [-0.2, -0.15) is 9.40 Å². The van der Waals surface area contributed by atoms with Crippen molar-refractivity contribution in [2.75, 3.05) is 7.05 Å². The summed E-state index contributed by atoms with van der Waals surface area (Å²) in [6.45, 7) is 1.82. The van der Waals surface area contributed by atoms with Crippen LogP contribution in [0.4, 0.5) is 0 Å². The topological polar surface area (TPSA) is 67.6 Å². The number of fused-ring (bicyclic) bond motifs is 1. The Labute approximate surface area is 139 Å². The SMILES string of the molecule is C[C@@H](c1ccc(Cl)cc1)N(C)S(=O)(=O)c1cnc2ccnn2c1. The molecule has 0 spiro atoms. The van der Waals surface area contributed by atoms with Crippen molar-refractivity contribution in [3.8, 4) is 0 Å². The van der Waals surface area contributed by atoms with Gasteiger partial charge < -0.3 is 0 Å². The van der Waals surface area contributed by atoms with E-state index in [0.717, 1.165) is 5.56 Å². The molecule has 6 nitrogen and oxygen atoms in total. The van der Waals surface area contributed by atoms with Crippen molar-refractivity contribution in [1.82, 2.24) is 18.9 Å². The lowest BCUT2D eigenvalue weighted by Gasteiger charge is -2.24. The first-order valence-electron chi connectivity index (χ1n) is 6.92. The molecule has 0 saturated carbocycles. The van der Waals surface area contributed by atoms with Gasteiger partial charge >= 0.3 is 0 Å². The number of benzene rings is 1. The predicted octanol–water partition coefficient (Wildman–Crippen LogP) is 2.76. The molecule has 0 aliphatic rings. The normalized spacial score (nSPS) is 13.6. The lowest BCUT2D eigenvalue weighted by molar-refractivity contribution is 0.398. The van der Waals surface area contributed by atoms with Crippen molar-refractivity contribution in [2.24, 2.45) is 0 Å². The van der Waals surface area contributed by atoms with E-state index in [4.69, 9.17) is 11.6 Å². The minimum Gasteiger partial charge on any atom is -0.236 e. The molecule has 1 atom stereocenters. The van der Waals surface area contributed by atoms with Crippen LogP contribution < -0.4 is 0 Å². The first kappa shape index (κ1) is 15.9. The van der Waals surface area contributed by atoms with Crippen LogP contribution >= 0.6 is 11.6 Å². The van der Waals surface area contributed by atoms with Crippen LogP contribution in [0.25, 0.3) is 5.65 Å². The maximum Gasteiger partial charge on any atom is 0.246 e. The monoisotopic (exact) mass is 350 g/mol. The molecule has 0 aliphatic heterocycles.